The molecule has 0 aliphatic heterocycles. The van der Waals surface area contributed by atoms with Gasteiger partial charge >= 0.3 is 0 Å². The van der Waals surface area contributed by atoms with Crippen molar-refractivity contribution in [2.75, 3.05) is 0 Å². The molecule has 0 atom stereocenters. The van der Waals surface area contributed by atoms with Crippen LogP contribution in [0.25, 0.3) is 122 Å². The molecule has 2 aliphatic rings. The van der Waals surface area contributed by atoms with Gasteiger partial charge in [-0.3, -0.25) is 0 Å². The van der Waals surface area contributed by atoms with Crippen molar-refractivity contribution >= 4 is 54.3 Å². The molecule has 10 aromatic carbocycles. The summed E-state index contributed by atoms with van der Waals surface area (Å²) in [7, 11) is 0. The summed E-state index contributed by atoms with van der Waals surface area (Å²) in [6.07, 6.45) is 0. The summed E-state index contributed by atoms with van der Waals surface area (Å²) in [5.74, 6) is 0.611. The lowest BCUT2D eigenvalue weighted by atomic mass is 9.81. The quantitative estimate of drug-likeness (QED) is 0.166. The molecule has 67 heavy (non-hydrogen) atoms. The highest BCUT2D eigenvalue weighted by molar-refractivity contribution is 6.23. The van der Waals surface area contributed by atoms with E-state index in [-0.39, 0.29) is 10.8 Å². The van der Waals surface area contributed by atoms with Gasteiger partial charge in [0.2, 0.25) is 5.89 Å². The van der Waals surface area contributed by atoms with Gasteiger partial charge in [-0.2, -0.15) is 0 Å². The van der Waals surface area contributed by atoms with Crippen molar-refractivity contribution in [3.63, 3.8) is 0 Å². The number of pyridine rings is 1. The smallest absolute Gasteiger partial charge is 0.227 e. The molecule has 0 amide bonds. The Morgan fingerprint density at radius 2 is 0.776 bits per heavy atom. The molecule has 0 fully saturated rings. The highest BCUT2D eigenvalue weighted by Gasteiger charge is 2.37. The molecule has 0 spiro atoms. The van der Waals surface area contributed by atoms with E-state index in [1.54, 1.807) is 0 Å². The maximum absolute atomic E-state index is 6.70. The number of oxazole rings is 1. The van der Waals surface area contributed by atoms with Gasteiger partial charge in [0.25, 0.3) is 0 Å². The van der Waals surface area contributed by atoms with Gasteiger partial charge < -0.3 is 4.42 Å². The van der Waals surface area contributed by atoms with Crippen LogP contribution in [0.1, 0.15) is 49.9 Å². The summed E-state index contributed by atoms with van der Waals surface area (Å²) in [5, 5.41) is 7.95. The maximum atomic E-state index is 6.70. The number of fused-ring (bicyclic) bond motifs is 15. The molecule has 0 radical (unpaired) electrons. The molecule has 0 unspecified atom stereocenters. The second-order valence-corrected chi connectivity index (χ2v) is 19.6. The molecule has 0 bridgehead atoms. The minimum atomic E-state index is -0.131. The van der Waals surface area contributed by atoms with Gasteiger partial charge in [-0.1, -0.05) is 185 Å². The molecule has 14 rings (SSSR count). The SMILES string of the molecule is CC1(C)c2ccccc2-c2ccc(-c3cc(-c4ccc(-c5nc6c7ccccc7c7ccccc7c6o5)cc4)c4cc(-c5ccc6c(c5)C(C)(C)c5ccccc5-6)c5ccccc5c4n3)cc21. The number of aromatic nitrogens is 2. The van der Waals surface area contributed by atoms with E-state index in [0.717, 1.165) is 66.1 Å². The molecule has 0 N–H and O–H groups in total. The molecule has 2 aliphatic carbocycles. The lowest BCUT2D eigenvalue weighted by Gasteiger charge is -2.22. The highest BCUT2D eigenvalue weighted by atomic mass is 16.3. The van der Waals surface area contributed by atoms with Crippen molar-refractivity contribution < 1.29 is 4.42 Å². The van der Waals surface area contributed by atoms with Crippen LogP contribution < -0.4 is 0 Å². The van der Waals surface area contributed by atoms with Crippen LogP contribution >= 0.6 is 0 Å². The highest BCUT2D eigenvalue weighted by Crippen LogP contribution is 2.52. The first kappa shape index (κ1) is 38.2. The first-order chi connectivity index (χ1) is 32.7. The van der Waals surface area contributed by atoms with Gasteiger partial charge in [0, 0.05) is 43.5 Å². The average molecular weight is 857 g/mol. The summed E-state index contributed by atoms with van der Waals surface area (Å²) >= 11 is 0. The average Bonchev–Trinajstić information content (AvgIpc) is 4.00. The van der Waals surface area contributed by atoms with Crippen molar-refractivity contribution in [2.45, 2.75) is 38.5 Å². The molecule has 0 saturated heterocycles. The predicted octanol–water partition coefficient (Wildman–Crippen LogP) is 17.1. The lowest BCUT2D eigenvalue weighted by Crippen LogP contribution is -2.15. The van der Waals surface area contributed by atoms with Crippen molar-refractivity contribution in [3.8, 4) is 67.2 Å². The zero-order chi connectivity index (χ0) is 44.8. The Bertz CT molecular complexity index is 4020. The van der Waals surface area contributed by atoms with Gasteiger partial charge in [-0.05, 0) is 119 Å². The second kappa shape index (κ2) is 13.7. The van der Waals surface area contributed by atoms with Gasteiger partial charge in [0.05, 0.1) is 11.2 Å². The Morgan fingerprint density at radius 1 is 0.313 bits per heavy atom. The van der Waals surface area contributed by atoms with Crippen LogP contribution in [0.2, 0.25) is 0 Å². The first-order valence-corrected chi connectivity index (χ1v) is 23.4. The molecule has 3 heteroatoms. The maximum Gasteiger partial charge on any atom is 0.227 e. The molecular weight excluding hydrogens is 813 g/mol. The Balaban J connectivity index is 0.974. The van der Waals surface area contributed by atoms with Crippen molar-refractivity contribution in [3.05, 3.63) is 216 Å². The third-order valence-corrected chi connectivity index (χ3v) is 15.3. The Kier molecular flexibility index (Phi) is 7.80. The fraction of sp³-hybridized carbons (Fsp3) is 0.0938. The van der Waals surface area contributed by atoms with Crippen molar-refractivity contribution in [2.24, 2.45) is 0 Å². The topological polar surface area (TPSA) is 38.9 Å². The summed E-state index contributed by atoms with van der Waals surface area (Å²) in [6.45, 7) is 9.41. The van der Waals surface area contributed by atoms with Gasteiger partial charge in [-0.25, -0.2) is 9.97 Å². The summed E-state index contributed by atoms with van der Waals surface area (Å²) in [5.41, 5.74) is 20.8. The van der Waals surface area contributed by atoms with E-state index in [1.165, 1.54) is 71.8 Å². The molecule has 12 aromatic rings. The van der Waals surface area contributed by atoms with E-state index in [4.69, 9.17) is 14.4 Å². The molecule has 0 saturated carbocycles. The number of hydrogen-bond acceptors (Lipinski definition) is 3. The molecule has 2 heterocycles. The van der Waals surface area contributed by atoms with E-state index in [2.05, 4.69) is 222 Å². The Morgan fingerprint density at radius 3 is 1.43 bits per heavy atom. The molecule has 2 aromatic heterocycles. The molecule has 316 valence electrons. The van der Waals surface area contributed by atoms with Crippen LogP contribution in [0.15, 0.2) is 199 Å². The number of benzene rings is 10. The minimum absolute atomic E-state index is 0.112. The van der Waals surface area contributed by atoms with E-state index in [9.17, 15) is 0 Å². The van der Waals surface area contributed by atoms with E-state index in [0.29, 0.717) is 5.89 Å². The van der Waals surface area contributed by atoms with Crippen LogP contribution in [0.3, 0.4) is 0 Å². The van der Waals surface area contributed by atoms with Crippen LogP contribution in [0.5, 0.6) is 0 Å². The normalized spacial score (nSPS) is 14.2. The zero-order valence-corrected chi connectivity index (χ0v) is 37.8. The monoisotopic (exact) mass is 856 g/mol. The second-order valence-electron chi connectivity index (χ2n) is 19.6. The lowest BCUT2D eigenvalue weighted by molar-refractivity contribution is 0.623. The van der Waals surface area contributed by atoms with Crippen LogP contribution in [0, 0.1) is 0 Å². The minimum Gasteiger partial charge on any atom is -0.435 e. The van der Waals surface area contributed by atoms with Crippen LogP contribution in [0.4, 0.5) is 0 Å². The predicted molar refractivity (Wildman–Crippen MR) is 279 cm³/mol. The fourth-order valence-electron chi connectivity index (χ4n) is 11.9. The first-order valence-electron chi connectivity index (χ1n) is 23.4. The zero-order valence-electron chi connectivity index (χ0n) is 37.8. The number of rotatable bonds is 4. The number of nitrogens with zero attached hydrogens (tertiary/aromatic N) is 2. The van der Waals surface area contributed by atoms with Gasteiger partial charge in [0.15, 0.2) is 5.58 Å². The third kappa shape index (κ3) is 5.40. The summed E-state index contributed by atoms with van der Waals surface area (Å²) in [4.78, 5) is 10.8. The number of hydrogen-bond donors (Lipinski definition) is 0. The molecule has 3 nitrogen and oxygen atoms in total. The fourth-order valence-corrected chi connectivity index (χ4v) is 11.9. The van der Waals surface area contributed by atoms with E-state index < -0.39 is 0 Å². The summed E-state index contributed by atoms with van der Waals surface area (Å²) < 4.78 is 6.70. The molecular formula is C64H44N2O. The van der Waals surface area contributed by atoms with Gasteiger partial charge in [0.1, 0.15) is 5.52 Å². The Hall–Kier alpha value is -8.14. The van der Waals surface area contributed by atoms with Crippen LogP contribution in [-0.4, -0.2) is 9.97 Å². The van der Waals surface area contributed by atoms with E-state index in [1.807, 2.05) is 0 Å². The van der Waals surface area contributed by atoms with Crippen molar-refractivity contribution in [1.29, 1.82) is 0 Å². The standard InChI is InChI=1S/C64H44N2O/c1-63(2)54-23-13-11-18-44(54)46-31-29-39(33-56(46)63)51-35-53-52(37-25-27-38(28-26-37)62-66-60-49-21-9-5-15-41(49)42-16-7-10-22-50(42)61(60)67-62)36-58(65-59(53)48-20-8-6-17-43(48)51)40-30-32-47-45-19-12-14-24-55(45)64(3,4)57(47)34-40/h5-36H,1-4H3. The third-order valence-electron chi connectivity index (χ3n) is 15.3. The van der Waals surface area contributed by atoms with Gasteiger partial charge in [-0.15, -0.1) is 0 Å². The Labute approximate surface area is 389 Å². The summed E-state index contributed by atoms with van der Waals surface area (Å²) in [6, 6.07) is 71.0. The van der Waals surface area contributed by atoms with Crippen LogP contribution in [-0.2, 0) is 10.8 Å². The largest absolute Gasteiger partial charge is 0.435 e. The van der Waals surface area contributed by atoms with Crippen molar-refractivity contribution in [1.82, 2.24) is 9.97 Å². The van der Waals surface area contributed by atoms with E-state index >= 15 is 0 Å².